The Labute approximate surface area is 178 Å². The van der Waals surface area contributed by atoms with Crippen LogP contribution in [-0.4, -0.2) is 36.6 Å². The third-order valence-electron chi connectivity index (χ3n) is 4.73. The van der Waals surface area contributed by atoms with Crippen molar-refractivity contribution in [2.24, 2.45) is 5.92 Å². The first-order valence-corrected chi connectivity index (χ1v) is 9.97. The highest BCUT2D eigenvalue weighted by Crippen LogP contribution is 2.25. The second-order valence-electron chi connectivity index (χ2n) is 6.83. The summed E-state index contributed by atoms with van der Waals surface area (Å²) in [5.74, 6) is -0.0658. The van der Waals surface area contributed by atoms with Gasteiger partial charge in [0.15, 0.2) is 0 Å². The Morgan fingerprint density at radius 2 is 1.62 bits per heavy atom. The molecule has 2 aromatic rings. The van der Waals surface area contributed by atoms with Crippen molar-refractivity contribution in [2.75, 3.05) is 30.3 Å². The second kappa shape index (κ2) is 9.80. The first-order valence-electron chi connectivity index (χ1n) is 9.22. The summed E-state index contributed by atoms with van der Waals surface area (Å²) in [6, 6.07) is 10.0. The number of urea groups is 2. The Kier molecular flexibility index (Phi) is 7.17. The van der Waals surface area contributed by atoms with Crippen LogP contribution in [-0.2, 0) is 0 Å². The van der Waals surface area contributed by atoms with Gasteiger partial charge in [0.05, 0.1) is 10.0 Å². The van der Waals surface area contributed by atoms with E-state index in [1.807, 2.05) is 0 Å². The van der Waals surface area contributed by atoms with E-state index in [1.165, 1.54) is 24.3 Å². The van der Waals surface area contributed by atoms with Crippen LogP contribution in [0.3, 0.4) is 0 Å². The Bertz CT molecular complexity index is 871. The maximum atomic E-state index is 12.9. The van der Waals surface area contributed by atoms with Gasteiger partial charge in [0.1, 0.15) is 5.82 Å². The van der Waals surface area contributed by atoms with E-state index in [2.05, 4.69) is 16.0 Å². The van der Waals surface area contributed by atoms with Crippen molar-refractivity contribution >= 4 is 46.6 Å². The van der Waals surface area contributed by atoms with Gasteiger partial charge in [0.2, 0.25) is 0 Å². The van der Waals surface area contributed by atoms with Crippen LogP contribution in [0.5, 0.6) is 0 Å². The van der Waals surface area contributed by atoms with Crippen LogP contribution in [0.25, 0.3) is 0 Å². The molecule has 6 nitrogen and oxygen atoms in total. The van der Waals surface area contributed by atoms with Gasteiger partial charge in [-0.05, 0) is 61.2 Å². The molecule has 4 amide bonds. The zero-order chi connectivity index (χ0) is 20.8. The van der Waals surface area contributed by atoms with E-state index < -0.39 is 0 Å². The van der Waals surface area contributed by atoms with Crippen molar-refractivity contribution in [1.29, 1.82) is 0 Å². The molecule has 3 N–H and O–H groups in total. The zero-order valence-corrected chi connectivity index (χ0v) is 17.1. The molecular formula is C20H21Cl2FN4O2. The fourth-order valence-electron chi connectivity index (χ4n) is 3.06. The summed E-state index contributed by atoms with van der Waals surface area (Å²) in [5.41, 5.74) is 1.11. The highest BCUT2D eigenvalue weighted by molar-refractivity contribution is 6.42. The van der Waals surface area contributed by atoms with E-state index in [0.717, 1.165) is 12.8 Å². The fourth-order valence-corrected chi connectivity index (χ4v) is 3.36. The van der Waals surface area contributed by atoms with Gasteiger partial charge in [-0.1, -0.05) is 23.2 Å². The lowest BCUT2D eigenvalue weighted by atomic mass is 9.97. The molecule has 1 fully saturated rings. The predicted octanol–water partition coefficient (Wildman–Crippen LogP) is 5.20. The summed E-state index contributed by atoms with van der Waals surface area (Å²) in [4.78, 5) is 26.1. The number of carbonyl (C=O) groups is 2. The van der Waals surface area contributed by atoms with Gasteiger partial charge in [-0.3, -0.25) is 0 Å². The van der Waals surface area contributed by atoms with Crippen molar-refractivity contribution in [1.82, 2.24) is 10.2 Å². The molecule has 29 heavy (non-hydrogen) atoms. The lowest BCUT2D eigenvalue weighted by Crippen LogP contribution is -2.43. The first-order chi connectivity index (χ1) is 13.9. The van der Waals surface area contributed by atoms with Gasteiger partial charge in [0.25, 0.3) is 0 Å². The third kappa shape index (κ3) is 6.24. The quantitative estimate of drug-likeness (QED) is 0.613. The van der Waals surface area contributed by atoms with E-state index in [4.69, 9.17) is 23.2 Å². The molecule has 0 aromatic heterocycles. The van der Waals surface area contributed by atoms with Crippen molar-refractivity contribution in [3.8, 4) is 0 Å². The highest BCUT2D eigenvalue weighted by atomic mass is 35.5. The van der Waals surface area contributed by atoms with Crippen LogP contribution in [0.15, 0.2) is 42.5 Å². The van der Waals surface area contributed by atoms with E-state index in [0.29, 0.717) is 41.1 Å². The zero-order valence-electron chi connectivity index (χ0n) is 15.6. The predicted molar refractivity (Wildman–Crippen MR) is 113 cm³/mol. The maximum absolute atomic E-state index is 12.9. The minimum Gasteiger partial charge on any atom is -0.338 e. The number of carbonyl (C=O) groups excluding carboxylic acids is 2. The number of nitrogens with one attached hydrogen (secondary N) is 3. The van der Waals surface area contributed by atoms with Crippen LogP contribution in [0.2, 0.25) is 10.0 Å². The lowest BCUT2D eigenvalue weighted by molar-refractivity contribution is 0.181. The van der Waals surface area contributed by atoms with Crippen molar-refractivity contribution < 1.29 is 14.0 Å². The average Bonchev–Trinajstić information content (AvgIpc) is 2.71. The molecule has 2 aromatic carbocycles. The number of rotatable bonds is 4. The number of hydrogen-bond acceptors (Lipinski definition) is 2. The van der Waals surface area contributed by atoms with Crippen LogP contribution in [0.1, 0.15) is 12.8 Å². The lowest BCUT2D eigenvalue weighted by Gasteiger charge is -2.32. The van der Waals surface area contributed by atoms with Gasteiger partial charge in [-0.25, -0.2) is 14.0 Å². The number of piperidine rings is 1. The molecule has 0 aliphatic carbocycles. The normalized spacial score (nSPS) is 14.4. The molecule has 1 aliphatic heterocycles. The molecule has 0 atom stereocenters. The summed E-state index contributed by atoms with van der Waals surface area (Å²) in [6.07, 6.45) is 1.56. The SMILES string of the molecule is O=C(NCC1CCN(C(=O)Nc2ccc(F)cc2)CC1)Nc1ccc(Cl)c(Cl)c1. The van der Waals surface area contributed by atoms with E-state index >= 15 is 0 Å². The number of hydrogen-bond donors (Lipinski definition) is 3. The molecule has 1 saturated heterocycles. The number of halogens is 3. The van der Waals surface area contributed by atoms with Gasteiger partial charge in [-0.2, -0.15) is 0 Å². The molecule has 0 unspecified atom stereocenters. The van der Waals surface area contributed by atoms with Gasteiger partial charge < -0.3 is 20.9 Å². The Hall–Kier alpha value is -2.51. The summed E-state index contributed by atoms with van der Waals surface area (Å²) < 4.78 is 12.9. The minimum absolute atomic E-state index is 0.208. The molecule has 0 bridgehead atoms. The number of likely N-dealkylation sites (tertiary alicyclic amines) is 1. The minimum atomic E-state index is -0.348. The number of nitrogens with zero attached hydrogens (tertiary/aromatic N) is 1. The molecular weight excluding hydrogens is 418 g/mol. The highest BCUT2D eigenvalue weighted by Gasteiger charge is 2.23. The second-order valence-corrected chi connectivity index (χ2v) is 7.65. The fraction of sp³-hybridized carbons (Fsp3) is 0.300. The van der Waals surface area contributed by atoms with Crippen molar-refractivity contribution in [2.45, 2.75) is 12.8 Å². The standard InChI is InChI=1S/C20H21Cl2FN4O2/c21-17-6-5-16(11-18(17)22)25-19(28)24-12-13-7-9-27(10-8-13)20(29)26-15-3-1-14(23)2-4-15/h1-6,11,13H,7-10,12H2,(H,26,29)(H2,24,25,28). The van der Waals surface area contributed by atoms with Gasteiger partial charge in [-0.15, -0.1) is 0 Å². The topological polar surface area (TPSA) is 73.5 Å². The van der Waals surface area contributed by atoms with E-state index in [1.54, 1.807) is 23.1 Å². The van der Waals surface area contributed by atoms with E-state index in [9.17, 15) is 14.0 Å². The van der Waals surface area contributed by atoms with Crippen LogP contribution in [0.4, 0.5) is 25.4 Å². The molecule has 0 radical (unpaired) electrons. The summed E-state index contributed by atoms with van der Waals surface area (Å²) in [5, 5.41) is 9.11. The molecule has 0 spiro atoms. The van der Waals surface area contributed by atoms with E-state index in [-0.39, 0.29) is 23.8 Å². The van der Waals surface area contributed by atoms with Gasteiger partial charge >= 0.3 is 12.1 Å². The summed E-state index contributed by atoms with van der Waals surface area (Å²) in [6.45, 7) is 1.70. The van der Waals surface area contributed by atoms with Crippen molar-refractivity contribution in [3.05, 3.63) is 58.3 Å². The van der Waals surface area contributed by atoms with Crippen molar-refractivity contribution in [3.63, 3.8) is 0 Å². The molecule has 9 heteroatoms. The molecule has 154 valence electrons. The van der Waals surface area contributed by atoms with Crippen LogP contribution < -0.4 is 16.0 Å². The van der Waals surface area contributed by atoms with Crippen LogP contribution in [0, 0.1) is 11.7 Å². The largest absolute Gasteiger partial charge is 0.338 e. The monoisotopic (exact) mass is 438 g/mol. The summed E-state index contributed by atoms with van der Waals surface area (Å²) in [7, 11) is 0. The number of amides is 4. The summed E-state index contributed by atoms with van der Waals surface area (Å²) >= 11 is 11.8. The Balaban J connectivity index is 1.39. The molecule has 0 saturated carbocycles. The molecule has 1 aliphatic rings. The maximum Gasteiger partial charge on any atom is 0.321 e. The average molecular weight is 439 g/mol. The molecule has 1 heterocycles. The first kappa shape index (κ1) is 21.2. The van der Waals surface area contributed by atoms with Crippen LogP contribution >= 0.6 is 23.2 Å². The number of benzene rings is 2. The Morgan fingerprint density at radius 1 is 0.966 bits per heavy atom. The van der Waals surface area contributed by atoms with Gasteiger partial charge in [0, 0.05) is 31.0 Å². The Morgan fingerprint density at radius 3 is 2.28 bits per heavy atom. The number of anilines is 2. The molecule has 3 rings (SSSR count). The third-order valence-corrected chi connectivity index (χ3v) is 5.47. The smallest absolute Gasteiger partial charge is 0.321 e.